The summed E-state index contributed by atoms with van der Waals surface area (Å²) in [6, 6.07) is 13.1. The normalized spacial score (nSPS) is 14.6. The molecule has 1 fully saturated rings. The highest BCUT2D eigenvalue weighted by Crippen LogP contribution is 2.26. The molecule has 1 saturated carbocycles. The van der Waals surface area contributed by atoms with Crippen LogP contribution in [0.2, 0.25) is 5.02 Å². The summed E-state index contributed by atoms with van der Waals surface area (Å²) in [4.78, 5) is 0. The fourth-order valence-electron chi connectivity index (χ4n) is 2.07. The monoisotopic (exact) mass is 275 g/mol. The van der Waals surface area contributed by atoms with E-state index in [1.54, 1.807) is 12.1 Å². The fraction of sp³-hybridized carbons (Fsp3) is 0.250. The van der Waals surface area contributed by atoms with E-state index in [2.05, 4.69) is 11.4 Å². The zero-order valence-corrected chi connectivity index (χ0v) is 11.3. The van der Waals surface area contributed by atoms with Crippen LogP contribution in [0.25, 0.3) is 11.1 Å². The summed E-state index contributed by atoms with van der Waals surface area (Å²) in [5, 5.41) is 4.23. The molecule has 0 atom stereocenters. The van der Waals surface area contributed by atoms with Crippen molar-refractivity contribution in [2.75, 3.05) is 0 Å². The molecule has 2 aromatic carbocycles. The van der Waals surface area contributed by atoms with Crippen molar-refractivity contribution in [3.8, 4) is 11.1 Å². The van der Waals surface area contributed by atoms with E-state index in [4.69, 9.17) is 11.6 Å². The van der Waals surface area contributed by atoms with Crippen LogP contribution in [0, 0.1) is 5.82 Å². The number of benzene rings is 2. The lowest BCUT2D eigenvalue weighted by atomic mass is 10.0. The summed E-state index contributed by atoms with van der Waals surface area (Å²) in [5.74, 6) is -0.215. The molecule has 0 aliphatic heterocycles. The third-order valence-corrected chi connectivity index (χ3v) is 3.75. The van der Waals surface area contributed by atoms with Crippen molar-refractivity contribution in [3.05, 3.63) is 58.9 Å². The van der Waals surface area contributed by atoms with Crippen LogP contribution < -0.4 is 5.32 Å². The highest BCUT2D eigenvalue weighted by atomic mass is 35.5. The summed E-state index contributed by atoms with van der Waals surface area (Å²) in [6.07, 6.45) is 2.52. The first kappa shape index (κ1) is 12.6. The number of halogens is 2. The van der Waals surface area contributed by atoms with E-state index in [0.29, 0.717) is 6.04 Å². The maximum absolute atomic E-state index is 12.9. The Balaban J connectivity index is 1.84. The van der Waals surface area contributed by atoms with Gasteiger partial charge in [0.05, 0.1) is 0 Å². The molecule has 0 bridgehead atoms. The molecule has 1 nitrogen and oxygen atoms in total. The first-order valence-electron chi connectivity index (χ1n) is 6.50. The van der Waals surface area contributed by atoms with Crippen molar-refractivity contribution >= 4 is 11.6 Å². The molecule has 2 aromatic rings. The van der Waals surface area contributed by atoms with Gasteiger partial charge in [-0.1, -0.05) is 29.8 Å². The van der Waals surface area contributed by atoms with Gasteiger partial charge in [0.25, 0.3) is 0 Å². The molecule has 1 aliphatic rings. The zero-order chi connectivity index (χ0) is 13.2. The molecule has 98 valence electrons. The summed E-state index contributed by atoms with van der Waals surface area (Å²) in [7, 11) is 0. The smallest absolute Gasteiger partial charge is 0.123 e. The van der Waals surface area contributed by atoms with Crippen LogP contribution in [0.4, 0.5) is 4.39 Å². The molecular formula is C16H15ClFN. The Morgan fingerprint density at radius 3 is 2.42 bits per heavy atom. The van der Waals surface area contributed by atoms with E-state index in [1.807, 2.05) is 12.1 Å². The fourth-order valence-corrected chi connectivity index (χ4v) is 2.26. The molecule has 0 radical (unpaired) electrons. The SMILES string of the molecule is Fc1ccc(-c2ccc(Cl)c(CNC3CC3)c2)cc1. The summed E-state index contributed by atoms with van der Waals surface area (Å²) < 4.78 is 12.9. The van der Waals surface area contributed by atoms with Crippen LogP contribution in [0.3, 0.4) is 0 Å². The van der Waals surface area contributed by atoms with Crippen LogP contribution in [0.5, 0.6) is 0 Å². The van der Waals surface area contributed by atoms with E-state index >= 15 is 0 Å². The van der Waals surface area contributed by atoms with E-state index in [1.165, 1.54) is 25.0 Å². The number of rotatable bonds is 4. The predicted molar refractivity (Wildman–Crippen MR) is 76.7 cm³/mol. The van der Waals surface area contributed by atoms with Gasteiger partial charge in [0.2, 0.25) is 0 Å². The summed E-state index contributed by atoms with van der Waals surface area (Å²) >= 11 is 6.21. The molecular weight excluding hydrogens is 261 g/mol. The summed E-state index contributed by atoms with van der Waals surface area (Å²) in [5.41, 5.74) is 3.16. The molecule has 19 heavy (non-hydrogen) atoms. The van der Waals surface area contributed by atoms with Gasteiger partial charge in [-0.3, -0.25) is 0 Å². The van der Waals surface area contributed by atoms with Gasteiger partial charge in [-0.25, -0.2) is 4.39 Å². The largest absolute Gasteiger partial charge is 0.310 e. The highest BCUT2D eigenvalue weighted by Gasteiger charge is 2.20. The van der Waals surface area contributed by atoms with Crippen molar-refractivity contribution in [2.24, 2.45) is 0 Å². The number of nitrogens with one attached hydrogen (secondary N) is 1. The standard InChI is InChI=1S/C16H15ClFN/c17-16-8-3-12(11-1-4-14(18)5-2-11)9-13(16)10-19-15-6-7-15/h1-5,8-9,15,19H,6-7,10H2. The maximum atomic E-state index is 12.9. The predicted octanol–water partition coefficient (Wildman–Crippen LogP) is 4.40. The lowest BCUT2D eigenvalue weighted by molar-refractivity contribution is 0.628. The van der Waals surface area contributed by atoms with Gasteiger partial charge in [0.15, 0.2) is 0 Å². The van der Waals surface area contributed by atoms with Crippen LogP contribution in [-0.2, 0) is 6.54 Å². The lowest BCUT2D eigenvalue weighted by Gasteiger charge is -2.09. The molecule has 3 heteroatoms. The first-order chi connectivity index (χ1) is 9.22. The molecule has 1 aliphatic carbocycles. The van der Waals surface area contributed by atoms with Gasteiger partial charge < -0.3 is 5.32 Å². The van der Waals surface area contributed by atoms with Gasteiger partial charge in [-0.15, -0.1) is 0 Å². The highest BCUT2D eigenvalue weighted by molar-refractivity contribution is 6.31. The Morgan fingerprint density at radius 1 is 1.05 bits per heavy atom. The third-order valence-electron chi connectivity index (χ3n) is 3.38. The Morgan fingerprint density at radius 2 is 1.74 bits per heavy atom. The van der Waals surface area contributed by atoms with Crippen LogP contribution in [0.15, 0.2) is 42.5 Å². The van der Waals surface area contributed by atoms with Gasteiger partial charge >= 0.3 is 0 Å². The number of hydrogen-bond acceptors (Lipinski definition) is 1. The van der Waals surface area contributed by atoms with Crippen molar-refractivity contribution in [3.63, 3.8) is 0 Å². The summed E-state index contributed by atoms with van der Waals surface area (Å²) in [6.45, 7) is 0.790. The molecule has 0 unspecified atom stereocenters. The van der Waals surface area contributed by atoms with Crippen molar-refractivity contribution in [2.45, 2.75) is 25.4 Å². The topological polar surface area (TPSA) is 12.0 Å². The van der Waals surface area contributed by atoms with Gasteiger partial charge in [-0.2, -0.15) is 0 Å². The van der Waals surface area contributed by atoms with E-state index in [-0.39, 0.29) is 5.82 Å². The van der Waals surface area contributed by atoms with Gasteiger partial charge in [-0.05, 0) is 53.8 Å². The van der Waals surface area contributed by atoms with E-state index < -0.39 is 0 Å². The molecule has 0 amide bonds. The number of hydrogen-bond donors (Lipinski definition) is 1. The van der Waals surface area contributed by atoms with E-state index in [0.717, 1.165) is 28.3 Å². The Labute approximate surface area is 117 Å². The average Bonchev–Trinajstić information content (AvgIpc) is 3.23. The molecule has 1 N–H and O–H groups in total. The molecule has 3 rings (SSSR count). The second kappa shape index (κ2) is 5.32. The maximum Gasteiger partial charge on any atom is 0.123 e. The van der Waals surface area contributed by atoms with Crippen LogP contribution in [-0.4, -0.2) is 6.04 Å². The minimum atomic E-state index is -0.215. The molecule has 0 aromatic heterocycles. The molecule has 0 spiro atoms. The Hall–Kier alpha value is -1.38. The van der Waals surface area contributed by atoms with Gasteiger partial charge in [0.1, 0.15) is 5.82 Å². The second-order valence-corrected chi connectivity index (χ2v) is 5.38. The van der Waals surface area contributed by atoms with Crippen molar-refractivity contribution in [1.82, 2.24) is 5.32 Å². The molecule has 0 saturated heterocycles. The Kier molecular flexibility index (Phi) is 3.54. The third kappa shape index (κ3) is 3.14. The van der Waals surface area contributed by atoms with Crippen molar-refractivity contribution < 1.29 is 4.39 Å². The minimum Gasteiger partial charge on any atom is -0.310 e. The quantitative estimate of drug-likeness (QED) is 0.872. The van der Waals surface area contributed by atoms with Crippen LogP contribution >= 0.6 is 11.6 Å². The first-order valence-corrected chi connectivity index (χ1v) is 6.88. The van der Waals surface area contributed by atoms with E-state index in [9.17, 15) is 4.39 Å². The van der Waals surface area contributed by atoms with Crippen molar-refractivity contribution in [1.29, 1.82) is 0 Å². The Bertz CT molecular complexity index is 576. The average molecular weight is 276 g/mol. The van der Waals surface area contributed by atoms with Gasteiger partial charge in [0, 0.05) is 17.6 Å². The van der Waals surface area contributed by atoms with Crippen LogP contribution in [0.1, 0.15) is 18.4 Å². The minimum absolute atomic E-state index is 0.215. The lowest BCUT2D eigenvalue weighted by Crippen LogP contribution is -2.15. The zero-order valence-electron chi connectivity index (χ0n) is 10.5. The molecule has 0 heterocycles. The second-order valence-electron chi connectivity index (χ2n) is 4.97.